The summed E-state index contributed by atoms with van der Waals surface area (Å²) in [5, 5.41) is 3.49. The van der Waals surface area contributed by atoms with Gasteiger partial charge in [0.2, 0.25) is 5.91 Å². The second-order valence-electron chi connectivity index (χ2n) is 4.28. The summed E-state index contributed by atoms with van der Waals surface area (Å²) in [6.45, 7) is 0. The highest BCUT2D eigenvalue weighted by molar-refractivity contribution is 7.98. The van der Waals surface area contributed by atoms with Crippen LogP contribution in [0.4, 0.5) is 5.13 Å². The number of hydrogen-bond donors (Lipinski definition) is 1. The lowest BCUT2D eigenvalue weighted by Gasteiger charge is -1.98. The average Bonchev–Trinajstić information content (AvgIpc) is 3.03. The molecule has 0 spiro atoms. The van der Waals surface area contributed by atoms with Crippen LogP contribution >= 0.6 is 46.0 Å². The zero-order valence-electron chi connectivity index (χ0n) is 11.1. The average molecular weight is 355 g/mol. The minimum absolute atomic E-state index is 0.0716. The first kappa shape index (κ1) is 14.8. The predicted octanol–water partition coefficient (Wildman–Crippen LogP) is 4.91. The van der Waals surface area contributed by atoms with Crippen molar-refractivity contribution >= 4 is 67.3 Å². The van der Waals surface area contributed by atoms with Gasteiger partial charge in [-0.2, -0.15) is 0 Å². The van der Waals surface area contributed by atoms with Crippen LogP contribution in [-0.4, -0.2) is 17.1 Å². The molecule has 3 aromatic rings. The van der Waals surface area contributed by atoms with Gasteiger partial charge in [-0.3, -0.25) is 4.79 Å². The molecule has 0 atom stereocenters. The van der Waals surface area contributed by atoms with Gasteiger partial charge in [0.05, 0.1) is 21.0 Å². The van der Waals surface area contributed by atoms with Crippen molar-refractivity contribution < 1.29 is 4.79 Å². The van der Waals surface area contributed by atoms with E-state index < -0.39 is 0 Å². The quantitative estimate of drug-likeness (QED) is 0.676. The standard InChI is InChI=1S/C14H11ClN2OS3/c1-19-8-2-4-10-11(6-8)21-14(16-10)17-13(18)7-9-3-5-12(15)20-9/h2-6H,7H2,1H3,(H,16,17,18). The summed E-state index contributed by atoms with van der Waals surface area (Å²) in [6, 6.07) is 9.77. The SMILES string of the molecule is CSc1ccc2nc(NC(=O)Cc3ccc(Cl)s3)sc2c1. The number of thiophene rings is 1. The number of thioether (sulfide) groups is 1. The molecule has 0 saturated carbocycles. The first-order valence-electron chi connectivity index (χ1n) is 6.13. The van der Waals surface area contributed by atoms with E-state index in [0.29, 0.717) is 15.9 Å². The van der Waals surface area contributed by atoms with Crippen LogP contribution in [0.5, 0.6) is 0 Å². The van der Waals surface area contributed by atoms with Gasteiger partial charge in [-0.25, -0.2) is 4.98 Å². The van der Waals surface area contributed by atoms with Crippen LogP contribution < -0.4 is 5.32 Å². The summed E-state index contributed by atoms with van der Waals surface area (Å²) in [7, 11) is 0. The van der Waals surface area contributed by atoms with Crippen LogP contribution in [0.1, 0.15) is 4.88 Å². The van der Waals surface area contributed by atoms with Crippen LogP contribution in [0.2, 0.25) is 4.34 Å². The summed E-state index contributed by atoms with van der Waals surface area (Å²) >= 11 is 10.5. The number of fused-ring (bicyclic) bond motifs is 1. The van der Waals surface area contributed by atoms with Gasteiger partial charge in [0.15, 0.2) is 5.13 Å². The second-order valence-corrected chi connectivity index (χ2v) is 7.99. The van der Waals surface area contributed by atoms with Crippen molar-refractivity contribution in [3.63, 3.8) is 0 Å². The van der Waals surface area contributed by atoms with Gasteiger partial charge in [-0.15, -0.1) is 23.1 Å². The molecule has 0 unspecified atom stereocenters. The summed E-state index contributed by atoms with van der Waals surface area (Å²) in [5.41, 5.74) is 0.910. The van der Waals surface area contributed by atoms with Gasteiger partial charge < -0.3 is 5.32 Å². The van der Waals surface area contributed by atoms with Crippen molar-refractivity contribution in [1.82, 2.24) is 4.98 Å². The predicted molar refractivity (Wildman–Crippen MR) is 93.1 cm³/mol. The zero-order chi connectivity index (χ0) is 14.8. The van der Waals surface area contributed by atoms with Crippen LogP contribution in [0.3, 0.4) is 0 Å². The van der Waals surface area contributed by atoms with Crippen LogP contribution in [0, 0.1) is 0 Å². The fourth-order valence-electron chi connectivity index (χ4n) is 1.85. The Bertz CT molecular complexity index is 796. The number of rotatable bonds is 4. The molecule has 2 heterocycles. The first-order valence-corrected chi connectivity index (χ1v) is 9.36. The van der Waals surface area contributed by atoms with E-state index in [1.807, 2.05) is 24.5 Å². The maximum Gasteiger partial charge on any atom is 0.231 e. The topological polar surface area (TPSA) is 42.0 Å². The minimum atomic E-state index is -0.0716. The van der Waals surface area contributed by atoms with E-state index >= 15 is 0 Å². The molecule has 1 N–H and O–H groups in total. The number of amides is 1. The molecule has 7 heteroatoms. The maximum atomic E-state index is 12.0. The van der Waals surface area contributed by atoms with Gasteiger partial charge in [0.1, 0.15) is 0 Å². The molecular weight excluding hydrogens is 344 g/mol. The Morgan fingerprint density at radius 2 is 2.19 bits per heavy atom. The molecule has 1 amide bonds. The van der Waals surface area contributed by atoms with Crippen molar-refractivity contribution in [2.24, 2.45) is 0 Å². The molecule has 0 aliphatic heterocycles. The fraction of sp³-hybridized carbons (Fsp3) is 0.143. The third-order valence-corrected chi connectivity index (χ3v) is 5.70. The van der Waals surface area contributed by atoms with Gasteiger partial charge >= 0.3 is 0 Å². The molecule has 0 saturated heterocycles. The lowest BCUT2D eigenvalue weighted by atomic mass is 10.3. The van der Waals surface area contributed by atoms with Crippen LogP contribution in [0.15, 0.2) is 35.2 Å². The number of carbonyl (C=O) groups is 1. The first-order chi connectivity index (χ1) is 10.1. The molecule has 3 rings (SSSR count). The van der Waals surface area contributed by atoms with E-state index in [0.717, 1.165) is 15.1 Å². The molecule has 3 nitrogen and oxygen atoms in total. The van der Waals surface area contributed by atoms with Crippen molar-refractivity contribution in [3.8, 4) is 0 Å². The van der Waals surface area contributed by atoms with Crippen LogP contribution in [0.25, 0.3) is 10.2 Å². The monoisotopic (exact) mass is 354 g/mol. The minimum Gasteiger partial charge on any atom is -0.302 e. The highest BCUT2D eigenvalue weighted by Crippen LogP contribution is 2.29. The summed E-state index contributed by atoms with van der Waals surface area (Å²) in [6.07, 6.45) is 2.36. The van der Waals surface area contributed by atoms with Crippen molar-refractivity contribution in [2.45, 2.75) is 11.3 Å². The molecule has 1 aromatic carbocycles. The zero-order valence-corrected chi connectivity index (χ0v) is 14.3. The molecular formula is C14H11ClN2OS3. The smallest absolute Gasteiger partial charge is 0.231 e. The van der Waals surface area contributed by atoms with E-state index in [1.165, 1.54) is 27.6 Å². The molecule has 21 heavy (non-hydrogen) atoms. The number of anilines is 1. The fourth-order valence-corrected chi connectivity index (χ4v) is 4.38. The van der Waals surface area contributed by atoms with Gasteiger partial charge in [0.25, 0.3) is 0 Å². The summed E-state index contributed by atoms with van der Waals surface area (Å²) in [5.74, 6) is -0.0716. The molecule has 2 aromatic heterocycles. The second kappa shape index (κ2) is 6.36. The Kier molecular flexibility index (Phi) is 4.49. The van der Waals surface area contributed by atoms with Crippen LogP contribution in [-0.2, 0) is 11.2 Å². The third-order valence-electron chi connectivity index (χ3n) is 2.81. The maximum absolute atomic E-state index is 12.0. The Morgan fingerprint density at radius 3 is 2.90 bits per heavy atom. The van der Waals surface area contributed by atoms with Crippen molar-refractivity contribution in [2.75, 3.05) is 11.6 Å². The molecule has 0 radical (unpaired) electrons. The van der Waals surface area contributed by atoms with Gasteiger partial charge in [0, 0.05) is 9.77 Å². The van der Waals surface area contributed by atoms with Gasteiger partial charge in [-0.05, 0) is 36.6 Å². The van der Waals surface area contributed by atoms with E-state index in [1.54, 1.807) is 17.8 Å². The third kappa shape index (κ3) is 3.58. The largest absolute Gasteiger partial charge is 0.302 e. The van der Waals surface area contributed by atoms with Crippen molar-refractivity contribution in [1.29, 1.82) is 0 Å². The molecule has 0 fully saturated rings. The van der Waals surface area contributed by atoms with E-state index in [2.05, 4.69) is 16.4 Å². The molecule has 0 aliphatic carbocycles. The van der Waals surface area contributed by atoms with E-state index in [9.17, 15) is 4.79 Å². The van der Waals surface area contributed by atoms with Gasteiger partial charge in [-0.1, -0.05) is 22.9 Å². The number of thiazole rings is 1. The Hall–Kier alpha value is -1.08. The van der Waals surface area contributed by atoms with E-state index in [4.69, 9.17) is 11.6 Å². The lowest BCUT2D eigenvalue weighted by molar-refractivity contribution is -0.115. The summed E-state index contributed by atoms with van der Waals surface area (Å²) < 4.78 is 1.78. The number of hydrogen-bond acceptors (Lipinski definition) is 5. The lowest BCUT2D eigenvalue weighted by Crippen LogP contribution is -2.13. The number of benzene rings is 1. The summed E-state index contributed by atoms with van der Waals surface area (Å²) in [4.78, 5) is 18.6. The van der Waals surface area contributed by atoms with Crippen molar-refractivity contribution in [3.05, 3.63) is 39.5 Å². The molecule has 108 valence electrons. The number of aromatic nitrogens is 1. The normalized spacial score (nSPS) is 11.0. The Balaban J connectivity index is 1.73. The van der Waals surface area contributed by atoms with E-state index in [-0.39, 0.29) is 5.91 Å². The number of nitrogens with one attached hydrogen (secondary N) is 1. The highest BCUT2D eigenvalue weighted by Gasteiger charge is 2.10. The Labute approximate surface area is 139 Å². The Morgan fingerprint density at radius 1 is 1.33 bits per heavy atom. The number of halogens is 1. The number of nitrogens with zero attached hydrogens (tertiary/aromatic N) is 1. The highest BCUT2D eigenvalue weighted by atomic mass is 35.5. The molecule has 0 aliphatic rings. The molecule has 0 bridgehead atoms. The number of carbonyl (C=O) groups excluding carboxylic acids is 1.